The van der Waals surface area contributed by atoms with E-state index >= 15 is 0 Å². The average molecular weight is 415 g/mol. The molecule has 1 saturated carbocycles. The molecule has 3 nitrogen and oxygen atoms in total. The molecule has 26 heavy (non-hydrogen) atoms. The summed E-state index contributed by atoms with van der Waals surface area (Å²) in [5.74, 6) is 1.27. The first-order valence-electron chi connectivity index (χ1n) is 8.73. The van der Waals surface area contributed by atoms with Crippen molar-refractivity contribution < 1.29 is 9.47 Å². The number of ether oxygens (including phenoxy) is 2. The van der Waals surface area contributed by atoms with Crippen LogP contribution in [0.4, 0.5) is 0 Å². The van der Waals surface area contributed by atoms with Gasteiger partial charge in [0.1, 0.15) is 6.61 Å². The molecule has 1 N–H and O–H groups in total. The third kappa shape index (κ3) is 4.98. The molecule has 0 saturated heterocycles. The minimum atomic E-state index is 0.350. The number of methoxy groups -OCH3 is 1. The third-order valence-corrected chi connectivity index (χ3v) is 5.74. The van der Waals surface area contributed by atoms with Crippen molar-refractivity contribution >= 4 is 34.8 Å². The quantitative estimate of drug-likeness (QED) is 0.579. The highest BCUT2D eigenvalue weighted by atomic mass is 35.5. The fraction of sp³-hybridized carbons (Fsp3) is 0.400. The molecule has 3 rings (SSSR count). The van der Waals surface area contributed by atoms with Gasteiger partial charge in [0.25, 0.3) is 0 Å². The van der Waals surface area contributed by atoms with Gasteiger partial charge in [-0.25, -0.2) is 0 Å². The fourth-order valence-corrected chi connectivity index (χ4v) is 3.70. The molecule has 0 amide bonds. The molecule has 1 aliphatic carbocycles. The Balaban J connectivity index is 1.68. The first-order valence-corrected chi connectivity index (χ1v) is 9.86. The summed E-state index contributed by atoms with van der Waals surface area (Å²) in [6.07, 6.45) is 5.08. The highest BCUT2D eigenvalue weighted by Gasteiger charge is 2.16. The summed E-state index contributed by atoms with van der Waals surface area (Å²) in [6.45, 7) is 1.08. The lowest BCUT2D eigenvalue weighted by molar-refractivity contribution is 0.284. The molecule has 0 bridgehead atoms. The van der Waals surface area contributed by atoms with E-state index in [0.717, 1.165) is 17.7 Å². The minimum absolute atomic E-state index is 0.350. The lowest BCUT2D eigenvalue weighted by atomic mass is 10.1. The molecule has 140 valence electrons. The van der Waals surface area contributed by atoms with Crippen molar-refractivity contribution in [2.24, 2.45) is 0 Å². The Morgan fingerprint density at radius 2 is 1.73 bits per heavy atom. The zero-order valence-electron chi connectivity index (χ0n) is 14.7. The van der Waals surface area contributed by atoms with Gasteiger partial charge < -0.3 is 14.8 Å². The largest absolute Gasteiger partial charge is 0.493 e. The van der Waals surface area contributed by atoms with E-state index in [0.29, 0.717) is 39.2 Å². The van der Waals surface area contributed by atoms with Gasteiger partial charge in [-0.1, -0.05) is 53.7 Å². The molecule has 0 spiro atoms. The smallest absolute Gasteiger partial charge is 0.163 e. The van der Waals surface area contributed by atoms with E-state index in [1.165, 1.54) is 25.7 Å². The molecule has 2 aromatic rings. The second-order valence-electron chi connectivity index (χ2n) is 6.49. The van der Waals surface area contributed by atoms with Crippen LogP contribution in [0.1, 0.15) is 36.8 Å². The summed E-state index contributed by atoms with van der Waals surface area (Å²) in [4.78, 5) is 0. The van der Waals surface area contributed by atoms with Crippen LogP contribution in [0.15, 0.2) is 30.3 Å². The predicted octanol–water partition coefficient (Wildman–Crippen LogP) is 6.27. The minimum Gasteiger partial charge on any atom is -0.493 e. The molecule has 2 aromatic carbocycles. The Bertz CT molecular complexity index is 761. The van der Waals surface area contributed by atoms with Crippen molar-refractivity contribution in [3.05, 3.63) is 56.5 Å². The molecule has 0 heterocycles. The van der Waals surface area contributed by atoms with E-state index in [1.807, 2.05) is 18.2 Å². The number of nitrogens with one attached hydrogen (secondary N) is 1. The monoisotopic (exact) mass is 413 g/mol. The maximum atomic E-state index is 6.46. The maximum Gasteiger partial charge on any atom is 0.163 e. The van der Waals surface area contributed by atoms with Gasteiger partial charge in [0.15, 0.2) is 11.5 Å². The maximum absolute atomic E-state index is 6.46. The SMILES string of the molecule is COc1cc(CNC2CCCC2)c(Cl)cc1OCc1ccc(Cl)c(Cl)c1. The van der Waals surface area contributed by atoms with Gasteiger partial charge in [-0.2, -0.15) is 0 Å². The predicted molar refractivity (Wildman–Crippen MR) is 108 cm³/mol. The number of rotatable bonds is 7. The molecule has 1 aliphatic rings. The van der Waals surface area contributed by atoms with E-state index < -0.39 is 0 Å². The normalized spacial score (nSPS) is 14.6. The first kappa shape index (κ1) is 19.6. The second-order valence-corrected chi connectivity index (χ2v) is 7.72. The van der Waals surface area contributed by atoms with E-state index in [4.69, 9.17) is 44.3 Å². The molecule has 0 radical (unpaired) electrons. The van der Waals surface area contributed by atoms with Crippen LogP contribution in [0.5, 0.6) is 11.5 Å². The average Bonchev–Trinajstić information content (AvgIpc) is 3.15. The molecule has 0 aliphatic heterocycles. The lowest BCUT2D eigenvalue weighted by Crippen LogP contribution is -2.25. The molecule has 1 fully saturated rings. The van der Waals surface area contributed by atoms with Crippen LogP contribution in [0, 0.1) is 0 Å². The highest BCUT2D eigenvalue weighted by Crippen LogP contribution is 2.34. The molecule has 6 heteroatoms. The van der Waals surface area contributed by atoms with Crippen LogP contribution in [0.25, 0.3) is 0 Å². The van der Waals surface area contributed by atoms with Gasteiger partial charge >= 0.3 is 0 Å². The fourth-order valence-electron chi connectivity index (χ4n) is 3.16. The summed E-state index contributed by atoms with van der Waals surface area (Å²) in [5.41, 5.74) is 1.93. The van der Waals surface area contributed by atoms with Crippen molar-refractivity contribution in [2.75, 3.05) is 7.11 Å². The van der Waals surface area contributed by atoms with Gasteiger partial charge in [0.2, 0.25) is 0 Å². The highest BCUT2D eigenvalue weighted by molar-refractivity contribution is 6.42. The van der Waals surface area contributed by atoms with Crippen LogP contribution in [0.3, 0.4) is 0 Å². The number of halogens is 3. The van der Waals surface area contributed by atoms with E-state index in [9.17, 15) is 0 Å². The van der Waals surface area contributed by atoms with Gasteiger partial charge in [0.05, 0.1) is 17.2 Å². The summed E-state index contributed by atoms with van der Waals surface area (Å²) in [5, 5.41) is 5.27. The summed E-state index contributed by atoms with van der Waals surface area (Å²) in [6, 6.07) is 9.76. The third-order valence-electron chi connectivity index (χ3n) is 4.65. The van der Waals surface area contributed by atoms with Crippen LogP contribution in [-0.4, -0.2) is 13.2 Å². The first-order chi connectivity index (χ1) is 12.6. The lowest BCUT2D eigenvalue weighted by Gasteiger charge is -2.16. The van der Waals surface area contributed by atoms with Crippen molar-refractivity contribution in [1.82, 2.24) is 5.32 Å². The van der Waals surface area contributed by atoms with E-state index in [-0.39, 0.29) is 0 Å². The molecular formula is C20H22Cl3NO2. The van der Waals surface area contributed by atoms with Gasteiger partial charge in [-0.3, -0.25) is 0 Å². The Labute approximate surface area is 169 Å². The number of hydrogen-bond acceptors (Lipinski definition) is 3. The van der Waals surface area contributed by atoms with Crippen molar-refractivity contribution in [3.63, 3.8) is 0 Å². The standard InChI is InChI=1S/C20H22Cl3NO2/c1-25-19-9-14(11-24-15-4-2-3-5-15)17(22)10-20(19)26-12-13-6-7-16(21)18(23)8-13/h6-10,15,24H,2-5,11-12H2,1H3. The van der Waals surface area contributed by atoms with E-state index in [2.05, 4.69) is 5.32 Å². The van der Waals surface area contributed by atoms with Gasteiger partial charge in [-0.05, 0) is 42.2 Å². The Kier molecular flexibility index (Phi) is 6.93. The van der Waals surface area contributed by atoms with E-state index in [1.54, 1.807) is 19.2 Å². The van der Waals surface area contributed by atoms with Crippen molar-refractivity contribution in [3.8, 4) is 11.5 Å². The number of benzene rings is 2. The van der Waals surface area contributed by atoms with Crippen LogP contribution in [0.2, 0.25) is 15.1 Å². The van der Waals surface area contributed by atoms with Crippen molar-refractivity contribution in [2.45, 2.75) is 44.9 Å². The zero-order valence-corrected chi connectivity index (χ0v) is 16.9. The molecular weight excluding hydrogens is 393 g/mol. The number of hydrogen-bond donors (Lipinski definition) is 1. The Morgan fingerprint density at radius 3 is 2.42 bits per heavy atom. The van der Waals surface area contributed by atoms with Crippen LogP contribution >= 0.6 is 34.8 Å². The molecule has 0 aromatic heterocycles. The second kappa shape index (κ2) is 9.18. The summed E-state index contributed by atoms with van der Waals surface area (Å²) in [7, 11) is 1.63. The molecule has 0 atom stereocenters. The van der Waals surface area contributed by atoms with Crippen LogP contribution in [-0.2, 0) is 13.2 Å². The summed E-state index contributed by atoms with van der Waals surface area (Å²) < 4.78 is 11.4. The van der Waals surface area contributed by atoms with Crippen molar-refractivity contribution in [1.29, 1.82) is 0 Å². The topological polar surface area (TPSA) is 30.5 Å². The Hall–Kier alpha value is -1.13. The van der Waals surface area contributed by atoms with Gasteiger partial charge in [-0.15, -0.1) is 0 Å². The van der Waals surface area contributed by atoms with Gasteiger partial charge in [0, 0.05) is 23.7 Å². The molecule has 0 unspecified atom stereocenters. The van der Waals surface area contributed by atoms with Crippen LogP contribution < -0.4 is 14.8 Å². The Morgan fingerprint density at radius 1 is 0.962 bits per heavy atom. The zero-order chi connectivity index (χ0) is 18.5. The summed E-state index contributed by atoms with van der Waals surface area (Å²) >= 11 is 18.5.